The van der Waals surface area contributed by atoms with E-state index in [0.29, 0.717) is 11.2 Å². The second kappa shape index (κ2) is 6.44. The molecule has 6 heteroatoms. The minimum atomic E-state index is 0.0802. The fraction of sp³-hybridized carbons (Fsp3) is 0.438. The molecule has 0 radical (unpaired) electrons. The third-order valence-corrected chi connectivity index (χ3v) is 4.51. The summed E-state index contributed by atoms with van der Waals surface area (Å²) in [5.74, 6) is 1.62. The summed E-state index contributed by atoms with van der Waals surface area (Å²) in [4.78, 5) is 12.0. The molecule has 2 aromatic rings. The van der Waals surface area contributed by atoms with E-state index in [1.807, 2.05) is 35.8 Å². The van der Waals surface area contributed by atoms with Crippen LogP contribution in [-0.2, 0) is 4.79 Å². The van der Waals surface area contributed by atoms with E-state index >= 15 is 0 Å². The van der Waals surface area contributed by atoms with E-state index in [2.05, 4.69) is 15.5 Å². The minimum Gasteiger partial charge on any atom is -0.326 e. The molecule has 0 aliphatic heterocycles. The van der Waals surface area contributed by atoms with E-state index in [1.54, 1.807) is 0 Å². The highest BCUT2D eigenvalue weighted by Gasteiger charge is 2.18. The number of carbonyl (C=O) groups is 1. The molecule has 0 spiro atoms. The van der Waals surface area contributed by atoms with Crippen molar-refractivity contribution in [1.82, 2.24) is 14.8 Å². The molecule has 1 aromatic heterocycles. The van der Waals surface area contributed by atoms with Crippen molar-refractivity contribution in [2.24, 2.45) is 5.92 Å². The Morgan fingerprint density at radius 1 is 1.50 bits per heavy atom. The lowest BCUT2D eigenvalue weighted by Gasteiger charge is -2.24. The Labute approximate surface area is 134 Å². The number of nitrogens with zero attached hydrogens (tertiary/aromatic N) is 2. The number of hydrogen-bond acceptors (Lipinski definition) is 3. The Bertz CT molecular complexity index is 730. The van der Waals surface area contributed by atoms with Gasteiger partial charge in [-0.25, -0.2) is 0 Å². The maximum Gasteiger partial charge on any atom is 0.224 e. The number of aromatic nitrogens is 3. The molecule has 2 N–H and O–H groups in total. The predicted molar refractivity (Wildman–Crippen MR) is 88.7 cm³/mol. The number of nitrogens with one attached hydrogen (secondary N) is 2. The SMILES string of the molecule is Cc1n[nH]c(=S)n1-c1cccc(NC(=O)CCC2CCC2)c1. The van der Waals surface area contributed by atoms with Gasteiger partial charge in [-0.05, 0) is 49.7 Å². The molecule has 1 aliphatic rings. The summed E-state index contributed by atoms with van der Waals surface area (Å²) >= 11 is 5.23. The number of amides is 1. The fourth-order valence-electron chi connectivity index (χ4n) is 2.74. The van der Waals surface area contributed by atoms with Crippen molar-refractivity contribution in [2.75, 3.05) is 5.32 Å². The molecule has 5 nitrogen and oxygen atoms in total. The number of rotatable bonds is 5. The monoisotopic (exact) mass is 316 g/mol. The molecule has 0 bridgehead atoms. The molecule has 1 aliphatic carbocycles. The standard InChI is InChI=1S/C16H20N4OS/c1-11-18-19-16(22)20(11)14-7-3-6-13(10-14)17-15(21)9-8-12-4-2-5-12/h3,6-7,10,12H,2,4-5,8-9H2,1H3,(H,17,21)(H,19,22). The Hall–Kier alpha value is -1.95. The van der Waals surface area contributed by atoms with Crippen molar-refractivity contribution >= 4 is 23.8 Å². The van der Waals surface area contributed by atoms with E-state index in [-0.39, 0.29) is 5.91 Å². The van der Waals surface area contributed by atoms with Gasteiger partial charge >= 0.3 is 0 Å². The molecule has 1 fully saturated rings. The van der Waals surface area contributed by atoms with Gasteiger partial charge in [-0.2, -0.15) is 5.10 Å². The average Bonchev–Trinajstić information content (AvgIpc) is 2.76. The molecule has 3 rings (SSSR count). The zero-order valence-corrected chi connectivity index (χ0v) is 13.4. The van der Waals surface area contributed by atoms with Crippen molar-refractivity contribution in [3.8, 4) is 5.69 Å². The van der Waals surface area contributed by atoms with Gasteiger partial charge in [0, 0.05) is 12.1 Å². The van der Waals surface area contributed by atoms with Crippen molar-refractivity contribution in [2.45, 2.75) is 39.0 Å². The van der Waals surface area contributed by atoms with Crippen LogP contribution in [0, 0.1) is 17.6 Å². The molecule has 1 saturated carbocycles. The van der Waals surface area contributed by atoms with Gasteiger partial charge in [0.1, 0.15) is 5.82 Å². The van der Waals surface area contributed by atoms with Crippen molar-refractivity contribution in [3.63, 3.8) is 0 Å². The largest absolute Gasteiger partial charge is 0.326 e. The highest BCUT2D eigenvalue weighted by Crippen LogP contribution is 2.30. The van der Waals surface area contributed by atoms with Gasteiger partial charge in [0.25, 0.3) is 0 Å². The molecule has 0 unspecified atom stereocenters. The number of carbonyl (C=O) groups excluding carboxylic acids is 1. The molecule has 22 heavy (non-hydrogen) atoms. The summed E-state index contributed by atoms with van der Waals surface area (Å²) < 4.78 is 2.39. The third-order valence-electron chi connectivity index (χ3n) is 4.23. The zero-order valence-electron chi connectivity index (χ0n) is 12.6. The van der Waals surface area contributed by atoms with Crippen LogP contribution in [0.3, 0.4) is 0 Å². The summed E-state index contributed by atoms with van der Waals surface area (Å²) in [6.45, 7) is 1.89. The minimum absolute atomic E-state index is 0.0802. The number of aryl methyl sites for hydroxylation is 1. The van der Waals surface area contributed by atoms with Crippen LogP contribution in [0.1, 0.15) is 37.9 Å². The zero-order chi connectivity index (χ0) is 15.5. The first-order chi connectivity index (χ1) is 10.6. The predicted octanol–water partition coefficient (Wildman–Crippen LogP) is 3.76. The van der Waals surface area contributed by atoms with Crippen molar-refractivity contribution < 1.29 is 4.79 Å². The normalized spacial score (nSPS) is 14.6. The van der Waals surface area contributed by atoms with Crippen LogP contribution in [0.4, 0.5) is 5.69 Å². The van der Waals surface area contributed by atoms with Crippen LogP contribution in [0.2, 0.25) is 0 Å². The maximum atomic E-state index is 12.0. The molecule has 1 heterocycles. The number of benzene rings is 1. The van der Waals surface area contributed by atoms with Crippen molar-refractivity contribution in [3.05, 3.63) is 34.9 Å². The Morgan fingerprint density at radius 3 is 2.95 bits per heavy atom. The Morgan fingerprint density at radius 2 is 2.32 bits per heavy atom. The van der Waals surface area contributed by atoms with Gasteiger partial charge in [-0.1, -0.05) is 25.3 Å². The first kappa shape index (κ1) is 15.0. The fourth-order valence-corrected chi connectivity index (χ4v) is 3.03. The molecule has 0 atom stereocenters. The van der Waals surface area contributed by atoms with E-state index in [1.165, 1.54) is 19.3 Å². The lowest BCUT2D eigenvalue weighted by molar-refractivity contribution is -0.116. The van der Waals surface area contributed by atoms with E-state index < -0.39 is 0 Å². The first-order valence-electron chi connectivity index (χ1n) is 7.68. The summed E-state index contributed by atoms with van der Waals surface area (Å²) in [6.07, 6.45) is 5.47. The highest BCUT2D eigenvalue weighted by atomic mass is 32.1. The Kier molecular flexibility index (Phi) is 4.38. The molecule has 116 valence electrons. The van der Waals surface area contributed by atoms with Crippen LogP contribution in [-0.4, -0.2) is 20.7 Å². The highest BCUT2D eigenvalue weighted by molar-refractivity contribution is 7.71. The quantitative estimate of drug-likeness (QED) is 0.826. The van der Waals surface area contributed by atoms with Crippen LogP contribution >= 0.6 is 12.2 Å². The van der Waals surface area contributed by atoms with Gasteiger partial charge in [0.15, 0.2) is 4.77 Å². The van der Waals surface area contributed by atoms with Gasteiger partial charge in [-0.3, -0.25) is 14.5 Å². The van der Waals surface area contributed by atoms with E-state index in [0.717, 1.165) is 29.5 Å². The first-order valence-corrected chi connectivity index (χ1v) is 8.08. The van der Waals surface area contributed by atoms with Crippen LogP contribution in [0.5, 0.6) is 0 Å². The molecular weight excluding hydrogens is 296 g/mol. The van der Waals surface area contributed by atoms with Crippen LogP contribution < -0.4 is 5.32 Å². The van der Waals surface area contributed by atoms with Gasteiger partial charge in [0.05, 0.1) is 5.69 Å². The maximum absolute atomic E-state index is 12.0. The smallest absolute Gasteiger partial charge is 0.224 e. The van der Waals surface area contributed by atoms with Crippen LogP contribution in [0.25, 0.3) is 5.69 Å². The molecule has 1 aromatic carbocycles. The third kappa shape index (κ3) is 3.27. The molecular formula is C16H20N4OS. The summed E-state index contributed by atoms with van der Waals surface area (Å²) in [7, 11) is 0. The number of H-pyrrole nitrogens is 1. The lowest BCUT2D eigenvalue weighted by atomic mass is 9.82. The van der Waals surface area contributed by atoms with Gasteiger partial charge < -0.3 is 5.32 Å². The lowest BCUT2D eigenvalue weighted by Crippen LogP contribution is -2.17. The topological polar surface area (TPSA) is 62.7 Å². The average molecular weight is 316 g/mol. The second-order valence-electron chi connectivity index (χ2n) is 5.85. The van der Waals surface area contributed by atoms with Gasteiger partial charge in [-0.15, -0.1) is 0 Å². The van der Waals surface area contributed by atoms with Gasteiger partial charge in [0.2, 0.25) is 5.91 Å². The summed E-state index contributed by atoms with van der Waals surface area (Å²) in [5, 5.41) is 9.85. The molecule has 0 saturated heterocycles. The molecule has 1 amide bonds. The number of anilines is 1. The summed E-state index contributed by atoms with van der Waals surface area (Å²) in [5.41, 5.74) is 1.69. The number of aromatic amines is 1. The number of hydrogen-bond donors (Lipinski definition) is 2. The van der Waals surface area contributed by atoms with Crippen molar-refractivity contribution in [1.29, 1.82) is 0 Å². The van der Waals surface area contributed by atoms with E-state index in [9.17, 15) is 4.79 Å². The van der Waals surface area contributed by atoms with E-state index in [4.69, 9.17) is 12.2 Å². The summed E-state index contributed by atoms with van der Waals surface area (Å²) in [6, 6.07) is 7.66. The second-order valence-corrected chi connectivity index (χ2v) is 6.23. The Balaban J connectivity index is 1.68. The van der Waals surface area contributed by atoms with Crippen LogP contribution in [0.15, 0.2) is 24.3 Å².